The maximum absolute atomic E-state index is 13.9. The van der Waals surface area contributed by atoms with E-state index in [1.165, 1.54) is 25.6 Å². The average Bonchev–Trinajstić information content (AvgIpc) is 3.06. The van der Waals surface area contributed by atoms with Gasteiger partial charge in [0, 0.05) is 56.6 Å². The summed E-state index contributed by atoms with van der Waals surface area (Å²) in [4.78, 5) is 69.5. The van der Waals surface area contributed by atoms with E-state index in [9.17, 15) is 33.7 Å². The molecule has 2 aromatic rings. The molecule has 3 heterocycles. The lowest BCUT2D eigenvalue weighted by Gasteiger charge is -2.35. The number of hydrogen-bond donors (Lipinski definition) is 1. The van der Waals surface area contributed by atoms with Crippen molar-refractivity contribution >= 4 is 29.6 Å². The molecule has 13 nitrogen and oxygen atoms in total. The fraction of sp³-hybridized carbons (Fsp3) is 0.559. The second-order valence-electron chi connectivity index (χ2n) is 13.4. The van der Waals surface area contributed by atoms with Crippen LogP contribution in [0.15, 0.2) is 36.7 Å². The number of carbonyl (C=O) groups is 4. The van der Waals surface area contributed by atoms with E-state index in [2.05, 4.69) is 10.3 Å². The molecule has 2 atom stereocenters. The zero-order chi connectivity index (χ0) is 35.0. The lowest BCUT2D eigenvalue weighted by atomic mass is 9.91. The van der Waals surface area contributed by atoms with Crippen LogP contribution in [0.1, 0.15) is 77.3 Å². The monoisotopic (exact) mass is 669 g/mol. The first kappa shape index (κ1) is 36.2. The van der Waals surface area contributed by atoms with Gasteiger partial charge in [0.2, 0.25) is 17.6 Å². The van der Waals surface area contributed by atoms with Gasteiger partial charge in [-0.05, 0) is 82.1 Å². The molecule has 0 aliphatic carbocycles. The number of carbonyl (C=O) groups excluding carboxylic acids is 4. The van der Waals surface area contributed by atoms with Gasteiger partial charge in [0.25, 0.3) is 0 Å². The van der Waals surface area contributed by atoms with Gasteiger partial charge in [-0.15, -0.1) is 0 Å². The van der Waals surface area contributed by atoms with Gasteiger partial charge < -0.3 is 24.6 Å². The van der Waals surface area contributed by atoms with E-state index in [-0.39, 0.29) is 30.9 Å². The molecule has 260 valence electrons. The average molecular weight is 670 g/mol. The molecule has 2 fully saturated rings. The van der Waals surface area contributed by atoms with E-state index in [0.717, 1.165) is 25.0 Å². The van der Waals surface area contributed by atoms with Crippen molar-refractivity contribution < 1.29 is 38.0 Å². The van der Waals surface area contributed by atoms with Gasteiger partial charge in [-0.25, -0.2) is 4.79 Å². The Kier molecular flexibility index (Phi) is 12.1. The largest absolute Gasteiger partial charge is 0.469 e. The van der Waals surface area contributed by atoms with Crippen LogP contribution in [0.5, 0.6) is 0 Å². The predicted octanol–water partition coefficient (Wildman–Crippen LogP) is 5.18. The number of nitro groups is 1. The van der Waals surface area contributed by atoms with Crippen LogP contribution in [0.3, 0.4) is 0 Å². The summed E-state index contributed by atoms with van der Waals surface area (Å²) in [5, 5.41) is 14.2. The number of nitrogens with zero attached hydrogens (tertiary/aromatic N) is 4. The number of aromatic nitrogens is 1. The van der Waals surface area contributed by atoms with E-state index in [1.807, 2.05) is 20.8 Å². The first-order valence-corrected chi connectivity index (χ1v) is 16.3. The summed E-state index contributed by atoms with van der Waals surface area (Å²) >= 11 is 0. The number of benzene rings is 1. The highest BCUT2D eigenvalue weighted by Crippen LogP contribution is 2.30. The zero-order valence-electron chi connectivity index (χ0n) is 27.9. The number of methoxy groups -OCH3 is 1. The summed E-state index contributed by atoms with van der Waals surface area (Å²) in [6, 6.07) is 4.29. The summed E-state index contributed by atoms with van der Waals surface area (Å²) in [7, 11) is 1.24. The Hall–Kier alpha value is -4.62. The number of nitrogens with one attached hydrogen (secondary N) is 1. The number of amides is 3. The molecule has 4 rings (SSSR count). The molecule has 1 aromatic carbocycles. The van der Waals surface area contributed by atoms with Gasteiger partial charge in [0.1, 0.15) is 5.60 Å². The van der Waals surface area contributed by atoms with Crippen LogP contribution in [-0.4, -0.2) is 82.5 Å². The van der Waals surface area contributed by atoms with E-state index < -0.39 is 40.0 Å². The Balaban J connectivity index is 1.35. The highest BCUT2D eigenvalue weighted by Gasteiger charge is 2.32. The van der Waals surface area contributed by atoms with Crippen LogP contribution in [0.4, 0.5) is 14.9 Å². The molecule has 0 bridgehead atoms. The molecule has 0 spiro atoms. The molecule has 2 unspecified atom stereocenters. The summed E-state index contributed by atoms with van der Waals surface area (Å²) < 4.78 is 24.3. The van der Waals surface area contributed by atoms with Crippen molar-refractivity contribution in [3.05, 3.63) is 58.2 Å². The summed E-state index contributed by atoms with van der Waals surface area (Å²) in [5.41, 5.74) is 0.00386. The number of pyridine rings is 1. The third-order valence-electron chi connectivity index (χ3n) is 8.73. The molecular weight excluding hydrogens is 625 g/mol. The quantitative estimate of drug-likeness (QED) is 0.204. The molecule has 1 N–H and O–H groups in total. The Morgan fingerprint density at radius 3 is 2.46 bits per heavy atom. The van der Waals surface area contributed by atoms with E-state index in [4.69, 9.17) is 9.47 Å². The van der Waals surface area contributed by atoms with Crippen LogP contribution in [0.2, 0.25) is 0 Å². The summed E-state index contributed by atoms with van der Waals surface area (Å²) in [6.45, 7) is 7.51. The highest BCUT2D eigenvalue weighted by molar-refractivity contribution is 5.82. The van der Waals surface area contributed by atoms with Crippen molar-refractivity contribution in [2.75, 3.05) is 33.3 Å². The van der Waals surface area contributed by atoms with Crippen molar-refractivity contribution in [3.63, 3.8) is 0 Å². The third-order valence-corrected chi connectivity index (χ3v) is 8.73. The van der Waals surface area contributed by atoms with Crippen molar-refractivity contribution in [3.8, 4) is 11.1 Å². The fourth-order valence-corrected chi connectivity index (χ4v) is 6.06. The normalized spacial score (nSPS) is 17.7. The van der Waals surface area contributed by atoms with E-state index in [0.29, 0.717) is 67.9 Å². The Morgan fingerprint density at radius 1 is 1.06 bits per heavy atom. The Morgan fingerprint density at radius 2 is 1.79 bits per heavy atom. The first-order valence-electron chi connectivity index (χ1n) is 16.3. The van der Waals surface area contributed by atoms with Crippen LogP contribution >= 0.6 is 0 Å². The molecule has 2 aliphatic rings. The van der Waals surface area contributed by atoms with Gasteiger partial charge in [0.15, 0.2) is 0 Å². The topological polar surface area (TPSA) is 161 Å². The van der Waals surface area contributed by atoms with Gasteiger partial charge in [-0.1, -0.05) is 6.07 Å². The van der Waals surface area contributed by atoms with Crippen LogP contribution in [0.25, 0.3) is 11.1 Å². The fourth-order valence-electron chi connectivity index (χ4n) is 6.06. The van der Waals surface area contributed by atoms with E-state index >= 15 is 0 Å². The highest BCUT2D eigenvalue weighted by atomic mass is 19.1. The lowest BCUT2D eigenvalue weighted by Crippen LogP contribution is -2.46. The molecule has 2 saturated heterocycles. The van der Waals surface area contributed by atoms with Crippen LogP contribution in [-0.2, 0) is 23.9 Å². The van der Waals surface area contributed by atoms with Gasteiger partial charge >= 0.3 is 17.7 Å². The number of halogens is 1. The van der Waals surface area contributed by atoms with Gasteiger partial charge in [-0.3, -0.25) is 29.5 Å². The second-order valence-corrected chi connectivity index (χ2v) is 13.4. The molecule has 0 radical (unpaired) electrons. The number of hydrogen-bond acceptors (Lipinski definition) is 9. The first-order chi connectivity index (χ1) is 22.7. The number of rotatable bonds is 10. The van der Waals surface area contributed by atoms with Crippen LogP contribution in [0, 0.1) is 27.8 Å². The number of likely N-dealkylation sites (tertiary alicyclic amines) is 2. The number of esters is 1. The molecule has 1 aromatic heterocycles. The minimum atomic E-state index is -0.968. The molecule has 3 amide bonds. The van der Waals surface area contributed by atoms with E-state index in [1.54, 1.807) is 15.9 Å². The molecular formula is C34H44FN5O8. The molecule has 48 heavy (non-hydrogen) atoms. The van der Waals surface area contributed by atoms with Crippen molar-refractivity contribution in [2.45, 2.75) is 77.4 Å². The smallest absolute Gasteiger partial charge is 0.410 e. The Labute approximate surface area is 279 Å². The second kappa shape index (κ2) is 16.0. The minimum Gasteiger partial charge on any atom is -0.469 e. The Bertz CT molecular complexity index is 1500. The molecule has 2 aliphatic heterocycles. The summed E-state index contributed by atoms with van der Waals surface area (Å²) in [6.07, 6.45) is 6.30. The van der Waals surface area contributed by atoms with Crippen molar-refractivity contribution in [1.82, 2.24) is 20.1 Å². The maximum atomic E-state index is 13.9. The summed E-state index contributed by atoms with van der Waals surface area (Å²) in [5.74, 6) is -2.04. The maximum Gasteiger partial charge on any atom is 0.410 e. The minimum absolute atomic E-state index is 0.0153. The molecule has 0 saturated carbocycles. The third kappa shape index (κ3) is 9.94. The standard InChI is InChI=1S/C34H44FN5O8/c1-34(2,3)48-33(44)38-14-11-22(12-15-38)7-10-30(41)39-13-5-6-24(21-39)32(43)37-28(18-31(42)47-4)26-16-25(19-36-20-26)23-8-9-27(35)29(17-23)40(45)46/h8-9,16-17,19-20,22,24,28H,5-7,10-15,18,21H2,1-4H3,(H,37,43). The van der Waals surface area contributed by atoms with Gasteiger partial charge in [-0.2, -0.15) is 4.39 Å². The number of ether oxygens (including phenoxy) is 2. The molecule has 14 heteroatoms. The zero-order valence-corrected chi connectivity index (χ0v) is 27.9. The van der Waals surface area contributed by atoms with Crippen LogP contribution < -0.4 is 5.32 Å². The number of piperidine rings is 2. The van der Waals surface area contributed by atoms with Crippen molar-refractivity contribution in [1.29, 1.82) is 0 Å². The predicted molar refractivity (Wildman–Crippen MR) is 173 cm³/mol. The lowest BCUT2D eigenvalue weighted by molar-refractivity contribution is -0.387. The SMILES string of the molecule is COC(=O)CC(NC(=O)C1CCCN(C(=O)CCC2CCN(C(=O)OC(C)(C)C)CC2)C1)c1cncc(-c2ccc(F)c([N+](=O)[O-])c2)c1. The number of nitro benzene ring substituents is 1. The van der Waals surface area contributed by atoms with Crippen molar-refractivity contribution in [2.24, 2.45) is 11.8 Å². The van der Waals surface area contributed by atoms with Gasteiger partial charge in [0.05, 0.1) is 30.4 Å².